The van der Waals surface area contributed by atoms with Gasteiger partial charge in [-0.1, -0.05) is 4.40 Å². The van der Waals surface area contributed by atoms with Gasteiger partial charge < -0.3 is 14.6 Å². The first-order valence-electron chi connectivity index (χ1n) is 6.73. The number of piperidine rings is 1. The lowest BCUT2D eigenvalue weighted by Crippen LogP contribution is -2.38. The third-order valence-corrected chi connectivity index (χ3v) is 4.58. The van der Waals surface area contributed by atoms with Crippen molar-refractivity contribution in [3.05, 3.63) is 0 Å². The van der Waals surface area contributed by atoms with Gasteiger partial charge in [-0.05, 0) is 52.4 Å². The average molecular weight is 288 g/mol. The molecule has 1 rings (SSSR count). The fourth-order valence-electron chi connectivity index (χ4n) is 2.06. The zero-order valence-corrected chi connectivity index (χ0v) is 12.8. The maximum absolute atomic E-state index is 11.7. The number of carbonyl (C=O) groups is 1. The van der Waals surface area contributed by atoms with Crippen molar-refractivity contribution in [2.45, 2.75) is 51.2 Å². The summed E-state index contributed by atoms with van der Waals surface area (Å²) < 4.78 is 15.4. The average Bonchev–Trinajstić information content (AvgIpc) is 2.33. The SMILES string of the molecule is CC(C)(C)[S+]([O-])N=CCC[C@H]1CCCN(C(=O)O)C1. The monoisotopic (exact) mass is 288 g/mol. The molecule has 1 heterocycles. The largest absolute Gasteiger partial charge is 0.591 e. The van der Waals surface area contributed by atoms with Crippen molar-refractivity contribution >= 4 is 23.7 Å². The Kier molecular flexibility index (Phi) is 6.13. The van der Waals surface area contributed by atoms with Gasteiger partial charge in [0.1, 0.15) is 16.1 Å². The molecule has 6 heteroatoms. The number of hydrogen-bond donors (Lipinski definition) is 1. The molecule has 0 saturated carbocycles. The smallest absolute Gasteiger partial charge is 0.407 e. The molecule has 19 heavy (non-hydrogen) atoms. The van der Waals surface area contributed by atoms with Gasteiger partial charge in [0.25, 0.3) is 0 Å². The third-order valence-electron chi connectivity index (χ3n) is 3.19. The summed E-state index contributed by atoms with van der Waals surface area (Å²) in [6.45, 7) is 6.95. The molecular formula is C13H24N2O3S. The molecule has 1 fully saturated rings. The van der Waals surface area contributed by atoms with Crippen molar-refractivity contribution in [1.29, 1.82) is 0 Å². The lowest BCUT2D eigenvalue weighted by Gasteiger charge is -2.30. The van der Waals surface area contributed by atoms with Crippen molar-refractivity contribution in [1.82, 2.24) is 4.90 Å². The second-order valence-corrected chi connectivity index (χ2v) is 7.90. The van der Waals surface area contributed by atoms with Gasteiger partial charge in [0.15, 0.2) is 0 Å². The van der Waals surface area contributed by atoms with Gasteiger partial charge in [0, 0.05) is 13.1 Å². The van der Waals surface area contributed by atoms with Crippen LogP contribution >= 0.6 is 0 Å². The lowest BCUT2D eigenvalue weighted by atomic mass is 9.94. The van der Waals surface area contributed by atoms with Gasteiger partial charge >= 0.3 is 6.09 Å². The van der Waals surface area contributed by atoms with Crippen LogP contribution in [0.2, 0.25) is 0 Å². The van der Waals surface area contributed by atoms with Gasteiger partial charge in [-0.3, -0.25) is 0 Å². The second kappa shape index (κ2) is 7.14. The third kappa shape index (κ3) is 5.82. The maximum Gasteiger partial charge on any atom is 0.407 e. The first-order chi connectivity index (χ1) is 8.80. The molecule has 1 aliphatic rings. The molecule has 0 aromatic heterocycles. The zero-order chi connectivity index (χ0) is 14.5. The minimum absolute atomic E-state index is 0.318. The zero-order valence-electron chi connectivity index (χ0n) is 12.0. The van der Waals surface area contributed by atoms with Crippen LogP contribution < -0.4 is 0 Å². The topological polar surface area (TPSA) is 76.0 Å². The molecule has 0 aromatic rings. The van der Waals surface area contributed by atoms with E-state index in [0.717, 1.165) is 25.7 Å². The van der Waals surface area contributed by atoms with E-state index >= 15 is 0 Å². The van der Waals surface area contributed by atoms with Crippen LogP contribution in [0.4, 0.5) is 4.79 Å². The van der Waals surface area contributed by atoms with E-state index in [9.17, 15) is 9.35 Å². The molecule has 110 valence electrons. The molecule has 0 bridgehead atoms. The van der Waals surface area contributed by atoms with Crippen LogP contribution in [0.3, 0.4) is 0 Å². The number of carboxylic acid groups (broad SMARTS) is 1. The molecule has 0 aliphatic carbocycles. The minimum Gasteiger partial charge on any atom is -0.591 e. The number of amides is 1. The number of rotatable bonds is 4. The van der Waals surface area contributed by atoms with Gasteiger partial charge in [-0.15, -0.1) is 0 Å². The summed E-state index contributed by atoms with van der Waals surface area (Å²) in [5.41, 5.74) is 0. The minimum atomic E-state index is -1.19. The van der Waals surface area contributed by atoms with E-state index in [1.807, 2.05) is 20.8 Å². The highest BCUT2D eigenvalue weighted by Gasteiger charge is 2.26. The summed E-state index contributed by atoms with van der Waals surface area (Å²) in [6.07, 6.45) is 4.57. The van der Waals surface area contributed by atoms with Crippen molar-refractivity contribution in [2.75, 3.05) is 13.1 Å². The Morgan fingerprint density at radius 1 is 1.58 bits per heavy atom. The summed E-state index contributed by atoms with van der Waals surface area (Å²) in [5, 5.41) is 8.95. The highest BCUT2D eigenvalue weighted by atomic mass is 32.2. The van der Waals surface area contributed by atoms with Crippen molar-refractivity contribution in [3.8, 4) is 0 Å². The highest BCUT2D eigenvalue weighted by Crippen LogP contribution is 2.21. The van der Waals surface area contributed by atoms with Crippen LogP contribution in [-0.4, -0.2) is 44.7 Å². The Bertz CT molecular complexity index is 328. The first kappa shape index (κ1) is 16.3. The van der Waals surface area contributed by atoms with E-state index in [4.69, 9.17) is 5.11 Å². The maximum atomic E-state index is 11.7. The standard InChI is InChI=1S/C13H24N2O3S/c1-13(2,3)19(18)14-8-4-6-11-7-5-9-15(10-11)12(16)17/h8,11H,4-7,9-10H2,1-3H3,(H,16,17)/t11-,19?/m0/s1. The van der Waals surface area contributed by atoms with Crippen molar-refractivity contribution in [2.24, 2.45) is 10.3 Å². The van der Waals surface area contributed by atoms with E-state index < -0.39 is 17.5 Å². The summed E-state index contributed by atoms with van der Waals surface area (Å²) in [6, 6.07) is 0. The van der Waals surface area contributed by atoms with Crippen LogP contribution in [0.5, 0.6) is 0 Å². The summed E-state index contributed by atoms with van der Waals surface area (Å²) in [7, 11) is 0. The van der Waals surface area contributed by atoms with Gasteiger partial charge in [-0.2, -0.15) is 0 Å². The Balaban J connectivity index is 2.29. The van der Waals surface area contributed by atoms with Crippen LogP contribution in [0.15, 0.2) is 4.40 Å². The van der Waals surface area contributed by atoms with Crippen LogP contribution in [0.1, 0.15) is 46.5 Å². The Morgan fingerprint density at radius 3 is 2.84 bits per heavy atom. The summed E-state index contributed by atoms with van der Waals surface area (Å²) >= 11 is -1.19. The van der Waals surface area contributed by atoms with E-state index in [-0.39, 0.29) is 4.75 Å². The molecule has 0 radical (unpaired) electrons. The predicted molar refractivity (Wildman–Crippen MR) is 77.9 cm³/mol. The van der Waals surface area contributed by atoms with Crippen molar-refractivity contribution in [3.63, 3.8) is 0 Å². The van der Waals surface area contributed by atoms with Crippen LogP contribution in [-0.2, 0) is 11.4 Å². The Labute approximate surface area is 118 Å². The van der Waals surface area contributed by atoms with E-state index in [2.05, 4.69) is 4.40 Å². The van der Waals surface area contributed by atoms with E-state index in [1.54, 1.807) is 6.21 Å². The normalized spacial score (nSPS) is 22.7. The molecule has 0 spiro atoms. The van der Waals surface area contributed by atoms with Gasteiger partial charge in [0.05, 0.1) is 6.21 Å². The highest BCUT2D eigenvalue weighted by molar-refractivity contribution is 7.91. The lowest BCUT2D eigenvalue weighted by molar-refractivity contribution is 0.119. The summed E-state index contributed by atoms with van der Waals surface area (Å²) in [5.74, 6) is 0.402. The Hall–Kier alpha value is -0.750. The van der Waals surface area contributed by atoms with Gasteiger partial charge in [0.2, 0.25) is 0 Å². The first-order valence-corrected chi connectivity index (χ1v) is 7.84. The van der Waals surface area contributed by atoms with E-state index in [0.29, 0.717) is 19.0 Å². The number of nitrogens with zero attached hydrogens (tertiary/aromatic N) is 2. The number of likely N-dealkylation sites (tertiary alicyclic amines) is 1. The molecule has 1 aliphatic heterocycles. The molecule has 1 amide bonds. The van der Waals surface area contributed by atoms with Gasteiger partial charge in [-0.25, -0.2) is 4.79 Å². The Morgan fingerprint density at radius 2 is 2.26 bits per heavy atom. The van der Waals surface area contributed by atoms with E-state index in [1.165, 1.54) is 4.90 Å². The van der Waals surface area contributed by atoms with Crippen LogP contribution in [0, 0.1) is 5.92 Å². The fraction of sp³-hybridized carbons (Fsp3) is 0.846. The fourth-order valence-corrected chi connectivity index (χ4v) is 2.62. The molecule has 0 aromatic carbocycles. The predicted octanol–water partition coefficient (Wildman–Crippen LogP) is 2.69. The molecule has 1 unspecified atom stereocenters. The molecule has 2 atom stereocenters. The number of hydrogen-bond acceptors (Lipinski definition) is 3. The molecular weight excluding hydrogens is 264 g/mol. The van der Waals surface area contributed by atoms with Crippen LogP contribution in [0.25, 0.3) is 0 Å². The quantitative estimate of drug-likeness (QED) is 0.638. The second-order valence-electron chi connectivity index (χ2n) is 5.96. The molecule has 1 N–H and O–H groups in total. The van der Waals surface area contributed by atoms with Crippen molar-refractivity contribution < 1.29 is 14.5 Å². The molecule has 5 nitrogen and oxygen atoms in total. The summed E-state index contributed by atoms with van der Waals surface area (Å²) in [4.78, 5) is 12.4. The molecule has 1 saturated heterocycles.